The first kappa shape index (κ1) is 22.9. The van der Waals surface area contributed by atoms with Gasteiger partial charge in [-0.05, 0) is 61.5 Å². The molecule has 0 saturated carbocycles. The van der Waals surface area contributed by atoms with Gasteiger partial charge in [0.05, 0.1) is 15.7 Å². The third-order valence-electron chi connectivity index (χ3n) is 4.91. The van der Waals surface area contributed by atoms with Gasteiger partial charge in [0.1, 0.15) is 10.7 Å². The van der Waals surface area contributed by atoms with Crippen LogP contribution in [0.1, 0.15) is 15.9 Å². The van der Waals surface area contributed by atoms with E-state index in [4.69, 9.17) is 34.8 Å². The van der Waals surface area contributed by atoms with E-state index in [1.165, 1.54) is 0 Å². The smallest absolute Gasteiger partial charge is 0.283 e. The molecule has 0 spiro atoms. The van der Waals surface area contributed by atoms with Crippen molar-refractivity contribution in [3.63, 3.8) is 0 Å². The van der Waals surface area contributed by atoms with E-state index in [1.807, 2.05) is 6.92 Å². The van der Waals surface area contributed by atoms with E-state index < -0.39 is 11.8 Å². The third kappa shape index (κ3) is 4.73. The maximum absolute atomic E-state index is 12.9. The first-order chi connectivity index (χ1) is 15.7. The number of nitrogens with one attached hydrogen (secondary N) is 2. The minimum absolute atomic E-state index is 0.0322. The first-order valence-corrected chi connectivity index (χ1v) is 10.9. The number of imide groups is 1. The summed E-state index contributed by atoms with van der Waals surface area (Å²) in [5.41, 5.74) is 2.76. The Labute approximate surface area is 204 Å². The zero-order valence-electron chi connectivity index (χ0n) is 17.2. The molecule has 2 N–H and O–H groups in total. The van der Waals surface area contributed by atoms with Crippen LogP contribution in [-0.4, -0.2) is 17.7 Å². The van der Waals surface area contributed by atoms with E-state index >= 15 is 0 Å². The minimum Gasteiger partial charge on any atom is -0.350 e. The van der Waals surface area contributed by atoms with Crippen LogP contribution in [0.4, 0.5) is 17.1 Å². The average molecular weight is 501 g/mol. The molecule has 166 valence electrons. The number of benzene rings is 3. The van der Waals surface area contributed by atoms with Gasteiger partial charge >= 0.3 is 0 Å². The fourth-order valence-corrected chi connectivity index (χ4v) is 3.68. The number of anilines is 3. The van der Waals surface area contributed by atoms with Crippen molar-refractivity contribution in [2.24, 2.45) is 0 Å². The Morgan fingerprint density at radius 1 is 0.788 bits per heavy atom. The maximum Gasteiger partial charge on any atom is 0.283 e. The molecule has 0 bridgehead atoms. The van der Waals surface area contributed by atoms with Crippen LogP contribution in [0.2, 0.25) is 10.0 Å². The van der Waals surface area contributed by atoms with Crippen LogP contribution in [0, 0.1) is 6.92 Å². The van der Waals surface area contributed by atoms with Crippen LogP contribution in [0.15, 0.2) is 77.5 Å². The lowest BCUT2D eigenvalue weighted by Gasteiger charge is -2.15. The zero-order valence-corrected chi connectivity index (χ0v) is 19.4. The van der Waals surface area contributed by atoms with Crippen LogP contribution in [0.5, 0.6) is 0 Å². The summed E-state index contributed by atoms with van der Waals surface area (Å²) in [5.74, 6) is -1.52. The van der Waals surface area contributed by atoms with Crippen molar-refractivity contribution in [3.05, 3.63) is 98.6 Å². The standard InChI is InChI=1S/C24H16Cl3N3O3/c1-13-2-9-17(10-3-13)30-23(32)20(27)21(24(30)33)28-15-6-4-14(5-7-15)22(31)29-16-8-11-18(25)19(26)12-16/h2-12,28H,1H3,(H,29,31). The number of nitrogens with zero attached hydrogens (tertiary/aromatic N) is 1. The highest BCUT2D eigenvalue weighted by atomic mass is 35.5. The number of carbonyl (C=O) groups excluding carboxylic acids is 3. The molecule has 3 aromatic rings. The zero-order chi connectivity index (χ0) is 23.7. The highest BCUT2D eigenvalue weighted by Crippen LogP contribution is 2.30. The van der Waals surface area contributed by atoms with Crippen molar-refractivity contribution < 1.29 is 14.4 Å². The molecule has 1 aliphatic rings. The number of aryl methyl sites for hydroxylation is 1. The predicted molar refractivity (Wildman–Crippen MR) is 131 cm³/mol. The second-order valence-electron chi connectivity index (χ2n) is 7.26. The van der Waals surface area contributed by atoms with Crippen molar-refractivity contribution in [2.45, 2.75) is 6.92 Å². The molecule has 0 aliphatic carbocycles. The molecule has 3 aromatic carbocycles. The Morgan fingerprint density at radius 3 is 2.06 bits per heavy atom. The number of halogens is 3. The fourth-order valence-electron chi connectivity index (χ4n) is 3.17. The topological polar surface area (TPSA) is 78.5 Å². The fraction of sp³-hybridized carbons (Fsp3) is 0.0417. The number of rotatable bonds is 5. The van der Waals surface area contributed by atoms with Gasteiger partial charge < -0.3 is 10.6 Å². The van der Waals surface area contributed by atoms with Gasteiger partial charge in [-0.3, -0.25) is 14.4 Å². The van der Waals surface area contributed by atoms with Gasteiger partial charge in [0.25, 0.3) is 17.7 Å². The molecule has 33 heavy (non-hydrogen) atoms. The van der Waals surface area contributed by atoms with E-state index in [9.17, 15) is 14.4 Å². The lowest BCUT2D eigenvalue weighted by atomic mass is 10.2. The summed E-state index contributed by atoms with van der Waals surface area (Å²) >= 11 is 18.0. The van der Waals surface area contributed by atoms with Crippen LogP contribution < -0.4 is 15.5 Å². The second-order valence-corrected chi connectivity index (χ2v) is 8.45. The first-order valence-electron chi connectivity index (χ1n) is 9.73. The molecular weight excluding hydrogens is 485 g/mol. The van der Waals surface area contributed by atoms with Crippen molar-refractivity contribution in [3.8, 4) is 0 Å². The normalized spacial score (nSPS) is 13.5. The highest BCUT2D eigenvalue weighted by molar-refractivity contribution is 6.53. The molecule has 0 atom stereocenters. The average Bonchev–Trinajstić information content (AvgIpc) is 3.00. The molecule has 0 aromatic heterocycles. The van der Waals surface area contributed by atoms with Gasteiger partial charge in [0.2, 0.25) is 0 Å². The Bertz CT molecular complexity index is 1300. The predicted octanol–water partition coefficient (Wildman–Crippen LogP) is 5.99. The lowest BCUT2D eigenvalue weighted by Crippen LogP contribution is -2.32. The Balaban J connectivity index is 1.47. The van der Waals surface area contributed by atoms with E-state index in [2.05, 4.69) is 10.6 Å². The summed E-state index contributed by atoms with van der Waals surface area (Å²) < 4.78 is 0. The monoisotopic (exact) mass is 499 g/mol. The van der Waals surface area contributed by atoms with E-state index in [-0.39, 0.29) is 16.6 Å². The van der Waals surface area contributed by atoms with Crippen molar-refractivity contribution >= 4 is 69.6 Å². The Morgan fingerprint density at radius 2 is 1.42 bits per heavy atom. The second kappa shape index (κ2) is 9.27. The molecule has 0 saturated heterocycles. The molecule has 0 unspecified atom stereocenters. The quantitative estimate of drug-likeness (QED) is 0.422. The number of hydrogen-bond donors (Lipinski definition) is 2. The summed E-state index contributed by atoms with van der Waals surface area (Å²) in [4.78, 5) is 38.9. The van der Waals surface area contributed by atoms with Gasteiger partial charge in [-0.25, -0.2) is 4.90 Å². The van der Waals surface area contributed by atoms with Crippen LogP contribution in [0.25, 0.3) is 0 Å². The molecule has 9 heteroatoms. The molecule has 4 rings (SSSR count). The van der Waals surface area contributed by atoms with Crippen molar-refractivity contribution in [1.29, 1.82) is 0 Å². The number of carbonyl (C=O) groups is 3. The molecule has 0 fully saturated rings. The summed E-state index contributed by atoms with van der Waals surface area (Å²) in [6.45, 7) is 1.91. The van der Waals surface area contributed by atoms with Gasteiger partial charge in [0, 0.05) is 16.9 Å². The number of amides is 3. The van der Waals surface area contributed by atoms with Gasteiger partial charge in [0.15, 0.2) is 0 Å². The Kier molecular flexibility index (Phi) is 6.42. The Hall–Kier alpha value is -3.32. The van der Waals surface area contributed by atoms with Crippen LogP contribution >= 0.6 is 34.8 Å². The number of hydrogen-bond acceptors (Lipinski definition) is 4. The summed E-state index contributed by atoms with van der Waals surface area (Å²) in [7, 11) is 0. The molecule has 6 nitrogen and oxygen atoms in total. The third-order valence-corrected chi connectivity index (χ3v) is 6.00. The van der Waals surface area contributed by atoms with Gasteiger partial charge in [-0.2, -0.15) is 0 Å². The van der Waals surface area contributed by atoms with Crippen LogP contribution in [-0.2, 0) is 9.59 Å². The van der Waals surface area contributed by atoms with Crippen LogP contribution in [0.3, 0.4) is 0 Å². The van der Waals surface area contributed by atoms with Crippen molar-refractivity contribution in [1.82, 2.24) is 0 Å². The SMILES string of the molecule is Cc1ccc(N2C(=O)C(Cl)=C(Nc3ccc(C(=O)Nc4ccc(Cl)c(Cl)c4)cc3)C2=O)cc1. The largest absolute Gasteiger partial charge is 0.350 e. The summed E-state index contributed by atoms with van der Waals surface area (Å²) in [5, 5.41) is 6.12. The highest BCUT2D eigenvalue weighted by Gasteiger charge is 2.38. The summed E-state index contributed by atoms with van der Waals surface area (Å²) in [6, 6.07) is 18.1. The lowest BCUT2D eigenvalue weighted by molar-refractivity contribution is -0.120. The molecule has 1 aliphatic heterocycles. The minimum atomic E-state index is -0.606. The molecule has 3 amide bonds. The van der Waals surface area contributed by atoms with Gasteiger partial charge in [-0.1, -0.05) is 52.5 Å². The maximum atomic E-state index is 12.9. The molecular formula is C24H16Cl3N3O3. The van der Waals surface area contributed by atoms with E-state index in [0.29, 0.717) is 32.7 Å². The van der Waals surface area contributed by atoms with E-state index in [0.717, 1.165) is 10.5 Å². The molecule has 0 radical (unpaired) electrons. The van der Waals surface area contributed by atoms with Gasteiger partial charge in [-0.15, -0.1) is 0 Å². The van der Waals surface area contributed by atoms with E-state index in [1.54, 1.807) is 66.7 Å². The molecule has 1 heterocycles. The van der Waals surface area contributed by atoms with Crippen molar-refractivity contribution in [2.75, 3.05) is 15.5 Å². The summed E-state index contributed by atoms with van der Waals surface area (Å²) in [6.07, 6.45) is 0.